The van der Waals surface area contributed by atoms with Gasteiger partial charge in [-0.25, -0.2) is 4.68 Å². The maximum Gasteiger partial charge on any atom is 0.226 e. The zero-order valence-corrected chi connectivity index (χ0v) is 11.7. The molecule has 0 unspecified atom stereocenters. The van der Waals surface area contributed by atoms with Gasteiger partial charge in [-0.3, -0.25) is 0 Å². The summed E-state index contributed by atoms with van der Waals surface area (Å²) in [5.41, 5.74) is 1.96. The molecule has 1 aliphatic rings. The molecule has 0 fully saturated rings. The zero-order valence-electron chi connectivity index (χ0n) is 10.9. The smallest absolute Gasteiger partial charge is 0.226 e. The Kier molecular flexibility index (Phi) is 2.79. The van der Waals surface area contributed by atoms with E-state index in [-0.39, 0.29) is 6.04 Å². The highest BCUT2D eigenvalue weighted by atomic mass is 35.5. The second kappa shape index (κ2) is 4.79. The third kappa shape index (κ3) is 2.11. The Hall–Kier alpha value is -2.53. The Balaban J connectivity index is 1.82. The van der Waals surface area contributed by atoms with Gasteiger partial charge in [0.15, 0.2) is 0 Å². The third-order valence-electron chi connectivity index (χ3n) is 3.41. The molecule has 1 aliphatic heterocycles. The molecule has 0 saturated heterocycles. The predicted molar refractivity (Wildman–Crippen MR) is 79.9 cm³/mol. The molecule has 1 N–H and O–H groups in total. The fraction of sp³-hybridized carbons (Fsp3) is 0.0667. The lowest BCUT2D eigenvalue weighted by Gasteiger charge is -2.23. The van der Waals surface area contributed by atoms with E-state index in [1.165, 1.54) is 6.33 Å². The van der Waals surface area contributed by atoms with Gasteiger partial charge in [-0.2, -0.15) is 10.1 Å². The summed E-state index contributed by atoms with van der Waals surface area (Å²) in [6.45, 7) is 0. The average molecular weight is 299 g/mol. The highest BCUT2D eigenvalue weighted by Gasteiger charge is 2.24. The molecule has 5 nitrogen and oxygen atoms in total. The first-order valence-electron chi connectivity index (χ1n) is 6.49. The SMILES string of the molecule is Clc1ccc([C@H]2C=C(c3ccco3)Nc3ncnn32)cc1. The van der Waals surface area contributed by atoms with Crippen LogP contribution in [0.1, 0.15) is 17.4 Å². The van der Waals surface area contributed by atoms with Crippen molar-refractivity contribution in [2.24, 2.45) is 0 Å². The Morgan fingerprint density at radius 3 is 2.81 bits per heavy atom. The normalized spacial score (nSPS) is 17.0. The number of furan rings is 1. The van der Waals surface area contributed by atoms with Gasteiger partial charge in [0.1, 0.15) is 18.1 Å². The van der Waals surface area contributed by atoms with Crippen LogP contribution in [0.4, 0.5) is 5.95 Å². The molecule has 0 amide bonds. The van der Waals surface area contributed by atoms with E-state index in [1.807, 2.05) is 41.1 Å². The van der Waals surface area contributed by atoms with Gasteiger partial charge in [-0.1, -0.05) is 23.7 Å². The minimum absolute atomic E-state index is 0.0545. The third-order valence-corrected chi connectivity index (χ3v) is 3.66. The van der Waals surface area contributed by atoms with Gasteiger partial charge in [0.2, 0.25) is 5.95 Å². The Bertz CT molecular complexity index is 789. The molecular weight excluding hydrogens is 288 g/mol. The second-order valence-electron chi connectivity index (χ2n) is 4.71. The Morgan fingerprint density at radius 1 is 1.19 bits per heavy atom. The number of fused-ring (bicyclic) bond motifs is 1. The molecule has 3 heterocycles. The summed E-state index contributed by atoms with van der Waals surface area (Å²) in [6, 6.07) is 11.4. The summed E-state index contributed by atoms with van der Waals surface area (Å²) >= 11 is 5.96. The standard InChI is InChI=1S/C15H11ClN4O/c16-11-5-3-10(4-6-11)13-8-12(14-2-1-7-21-14)19-15-17-9-18-20(13)15/h1-9,13H,(H,17,18,19)/t13-/m1/s1. The zero-order chi connectivity index (χ0) is 14.2. The lowest BCUT2D eigenvalue weighted by atomic mass is 10.0. The molecule has 4 rings (SSSR count). The van der Waals surface area contributed by atoms with Crippen LogP contribution in [-0.2, 0) is 0 Å². The average Bonchev–Trinajstić information content (AvgIpc) is 3.18. The second-order valence-corrected chi connectivity index (χ2v) is 5.14. The van der Waals surface area contributed by atoms with E-state index in [0.717, 1.165) is 17.0 Å². The van der Waals surface area contributed by atoms with Gasteiger partial charge < -0.3 is 9.73 Å². The fourth-order valence-corrected chi connectivity index (χ4v) is 2.53. The Morgan fingerprint density at radius 2 is 2.05 bits per heavy atom. The number of hydrogen-bond acceptors (Lipinski definition) is 4. The van der Waals surface area contributed by atoms with Crippen molar-refractivity contribution in [1.82, 2.24) is 14.8 Å². The molecule has 0 aliphatic carbocycles. The summed E-state index contributed by atoms with van der Waals surface area (Å²) in [4.78, 5) is 4.24. The summed E-state index contributed by atoms with van der Waals surface area (Å²) in [5, 5.41) is 8.22. The van der Waals surface area contributed by atoms with Crippen molar-refractivity contribution in [3.8, 4) is 0 Å². The van der Waals surface area contributed by atoms with Crippen LogP contribution in [0, 0.1) is 0 Å². The molecule has 6 heteroatoms. The molecule has 21 heavy (non-hydrogen) atoms. The van der Waals surface area contributed by atoms with E-state index in [2.05, 4.69) is 21.5 Å². The number of allylic oxidation sites excluding steroid dienone is 1. The van der Waals surface area contributed by atoms with Crippen LogP contribution in [0.2, 0.25) is 5.02 Å². The number of rotatable bonds is 2. The highest BCUT2D eigenvalue weighted by Crippen LogP contribution is 2.32. The molecule has 104 valence electrons. The minimum Gasteiger partial charge on any atom is -0.463 e. The van der Waals surface area contributed by atoms with E-state index in [9.17, 15) is 0 Å². The molecule has 0 bridgehead atoms. The van der Waals surface area contributed by atoms with Crippen molar-refractivity contribution in [2.75, 3.05) is 5.32 Å². The quantitative estimate of drug-likeness (QED) is 0.785. The van der Waals surface area contributed by atoms with Gasteiger partial charge in [0.25, 0.3) is 0 Å². The molecule has 2 aromatic heterocycles. The van der Waals surface area contributed by atoms with Crippen molar-refractivity contribution in [3.05, 3.63) is 71.4 Å². The van der Waals surface area contributed by atoms with E-state index in [4.69, 9.17) is 16.0 Å². The number of benzene rings is 1. The monoisotopic (exact) mass is 298 g/mol. The molecule has 0 saturated carbocycles. The van der Waals surface area contributed by atoms with Crippen LogP contribution in [0.15, 0.2) is 59.5 Å². The van der Waals surface area contributed by atoms with Gasteiger partial charge in [-0.15, -0.1) is 0 Å². The van der Waals surface area contributed by atoms with Crippen LogP contribution in [0.3, 0.4) is 0 Å². The van der Waals surface area contributed by atoms with Crippen molar-refractivity contribution < 1.29 is 4.42 Å². The predicted octanol–water partition coefficient (Wildman–Crippen LogP) is 3.58. The first-order valence-corrected chi connectivity index (χ1v) is 6.87. The van der Waals surface area contributed by atoms with Crippen molar-refractivity contribution >= 4 is 23.2 Å². The van der Waals surface area contributed by atoms with Gasteiger partial charge in [0.05, 0.1) is 12.0 Å². The van der Waals surface area contributed by atoms with Gasteiger partial charge in [-0.05, 0) is 35.9 Å². The summed E-state index contributed by atoms with van der Waals surface area (Å²) in [6.07, 6.45) is 5.24. The van der Waals surface area contributed by atoms with Crippen LogP contribution in [0.5, 0.6) is 0 Å². The first-order chi connectivity index (χ1) is 10.3. The molecule has 0 radical (unpaired) electrons. The molecule has 3 aromatic rings. The van der Waals surface area contributed by atoms with Crippen molar-refractivity contribution in [1.29, 1.82) is 0 Å². The van der Waals surface area contributed by atoms with Crippen molar-refractivity contribution in [3.63, 3.8) is 0 Å². The van der Waals surface area contributed by atoms with E-state index >= 15 is 0 Å². The number of nitrogens with one attached hydrogen (secondary N) is 1. The van der Waals surface area contributed by atoms with E-state index in [1.54, 1.807) is 6.26 Å². The maximum atomic E-state index is 5.96. The minimum atomic E-state index is -0.0545. The highest BCUT2D eigenvalue weighted by molar-refractivity contribution is 6.30. The van der Waals surface area contributed by atoms with Crippen LogP contribution < -0.4 is 5.32 Å². The molecule has 1 aromatic carbocycles. The largest absolute Gasteiger partial charge is 0.463 e. The van der Waals surface area contributed by atoms with Gasteiger partial charge in [0, 0.05) is 5.02 Å². The Labute approximate surface area is 125 Å². The van der Waals surface area contributed by atoms with Crippen molar-refractivity contribution in [2.45, 2.75) is 6.04 Å². The summed E-state index contributed by atoms with van der Waals surface area (Å²) < 4.78 is 7.29. The molecule has 0 spiro atoms. The first kappa shape index (κ1) is 12.2. The number of nitrogens with zero attached hydrogens (tertiary/aromatic N) is 3. The van der Waals surface area contributed by atoms with Gasteiger partial charge >= 0.3 is 0 Å². The lowest BCUT2D eigenvalue weighted by Crippen LogP contribution is -2.20. The van der Waals surface area contributed by atoms with E-state index in [0.29, 0.717) is 11.0 Å². The molecule has 1 atom stereocenters. The summed E-state index contributed by atoms with van der Waals surface area (Å²) in [5.74, 6) is 1.45. The van der Waals surface area contributed by atoms with E-state index < -0.39 is 0 Å². The van der Waals surface area contributed by atoms with Crippen LogP contribution in [-0.4, -0.2) is 14.8 Å². The molecular formula is C15H11ClN4O. The van der Waals surface area contributed by atoms with Crippen LogP contribution in [0.25, 0.3) is 5.70 Å². The van der Waals surface area contributed by atoms with Crippen LogP contribution >= 0.6 is 11.6 Å². The lowest BCUT2D eigenvalue weighted by molar-refractivity contribution is 0.547. The summed E-state index contributed by atoms with van der Waals surface area (Å²) in [7, 11) is 0. The number of hydrogen-bond donors (Lipinski definition) is 1. The number of aromatic nitrogens is 3. The number of halogens is 1. The maximum absolute atomic E-state index is 5.96. The fourth-order valence-electron chi connectivity index (χ4n) is 2.41. The number of anilines is 1. The topological polar surface area (TPSA) is 55.9 Å².